The maximum Gasteiger partial charge on any atom is 0.129 e. The Morgan fingerprint density at radius 3 is 2.74 bits per heavy atom. The van der Waals surface area contributed by atoms with E-state index in [1.54, 1.807) is 23.0 Å². The number of hydrogen-bond acceptors (Lipinski definition) is 3. The molecular weight excluding hydrogens is 379 g/mol. The molecule has 0 spiro atoms. The standard InChI is InChI=1S/C12H13Br2FN4/c1-2-19-12(8(14)6-17-19)11(18-16)10-7(13)4-3-5-9(10)15/h3-6,11,18H,2,16H2,1H3. The largest absolute Gasteiger partial charge is 0.271 e. The molecule has 4 nitrogen and oxygen atoms in total. The molecule has 0 saturated carbocycles. The van der Waals surface area contributed by atoms with Crippen LogP contribution in [0.25, 0.3) is 0 Å². The van der Waals surface area contributed by atoms with Gasteiger partial charge in [-0.05, 0) is 35.0 Å². The molecule has 1 atom stereocenters. The second-order valence-corrected chi connectivity index (χ2v) is 5.64. The minimum atomic E-state index is -0.493. The average molecular weight is 392 g/mol. The minimum absolute atomic E-state index is 0.326. The van der Waals surface area contributed by atoms with Gasteiger partial charge in [-0.15, -0.1) is 0 Å². The molecule has 0 aliphatic heterocycles. The molecule has 0 bridgehead atoms. The summed E-state index contributed by atoms with van der Waals surface area (Å²) in [4.78, 5) is 0. The third-order valence-corrected chi connectivity index (χ3v) is 4.16. The van der Waals surface area contributed by atoms with Crippen LogP contribution in [0.5, 0.6) is 0 Å². The maximum atomic E-state index is 14.1. The number of halogens is 3. The van der Waals surface area contributed by atoms with Crippen LogP contribution in [0.1, 0.15) is 24.2 Å². The summed E-state index contributed by atoms with van der Waals surface area (Å²) in [6.45, 7) is 2.64. The van der Waals surface area contributed by atoms with Gasteiger partial charge in [0.1, 0.15) is 5.82 Å². The zero-order valence-corrected chi connectivity index (χ0v) is 13.4. The van der Waals surface area contributed by atoms with Gasteiger partial charge in [-0.1, -0.05) is 22.0 Å². The number of nitrogens with one attached hydrogen (secondary N) is 1. The van der Waals surface area contributed by atoms with Crippen molar-refractivity contribution >= 4 is 31.9 Å². The fourth-order valence-corrected chi connectivity index (χ4v) is 3.09. The highest BCUT2D eigenvalue weighted by Crippen LogP contribution is 2.33. The Balaban J connectivity index is 2.59. The van der Waals surface area contributed by atoms with Crippen molar-refractivity contribution in [3.8, 4) is 0 Å². The molecule has 0 radical (unpaired) electrons. The normalized spacial score (nSPS) is 12.7. The summed E-state index contributed by atoms with van der Waals surface area (Å²) in [6, 6.07) is 4.34. The number of rotatable bonds is 4. The highest BCUT2D eigenvalue weighted by molar-refractivity contribution is 9.10. The predicted octanol–water partition coefficient (Wildman–Crippen LogP) is 3.12. The average Bonchev–Trinajstić information content (AvgIpc) is 2.75. The minimum Gasteiger partial charge on any atom is -0.271 e. The van der Waals surface area contributed by atoms with Gasteiger partial charge in [-0.3, -0.25) is 10.5 Å². The Bertz CT molecular complexity index is 565. The van der Waals surface area contributed by atoms with E-state index in [9.17, 15) is 4.39 Å². The van der Waals surface area contributed by atoms with Crippen LogP contribution >= 0.6 is 31.9 Å². The van der Waals surface area contributed by atoms with Crippen LogP contribution < -0.4 is 11.3 Å². The number of nitrogens with two attached hydrogens (primary N) is 1. The summed E-state index contributed by atoms with van der Waals surface area (Å²) in [5.41, 5.74) is 3.90. The van der Waals surface area contributed by atoms with Crippen molar-refractivity contribution in [1.29, 1.82) is 0 Å². The first kappa shape index (κ1) is 14.6. The van der Waals surface area contributed by atoms with Gasteiger partial charge in [0, 0.05) is 16.6 Å². The molecule has 19 heavy (non-hydrogen) atoms. The van der Waals surface area contributed by atoms with Gasteiger partial charge < -0.3 is 0 Å². The highest BCUT2D eigenvalue weighted by atomic mass is 79.9. The molecule has 1 aromatic heterocycles. The Hall–Kier alpha value is -0.760. The van der Waals surface area contributed by atoms with Gasteiger partial charge in [-0.2, -0.15) is 5.10 Å². The summed E-state index contributed by atoms with van der Waals surface area (Å²) in [5, 5.41) is 4.22. The fraction of sp³-hybridized carbons (Fsp3) is 0.250. The van der Waals surface area contributed by atoms with Crippen LogP contribution in [0, 0.1) is 5.82 Å². The van der Waals surface area contributed by atoms with E-state index in [2.05, 4.69) is 42.4 Å². The van der Waals surface area contributed by atoms with Gasteiger partial charge in [0.15, 0.2) is 0 Å². The summed E-state index contributed by atoms with van der Waals surface area (Å²) in [5.74, 6) is 5.30. The lowest BCUT2D eigenvalue weighted by atomic mass is 10.0. The molecule has 0 amide bonds. The van der Waals surface area contributed by atoms with Gasteiger partial charge in [0.25, 0.3) is 0 Å². The first-order valence-electron chi connectivity index (χ1n) is 5.71. The summed E-state index contributed by atoms with van der Waals surface area (Å²) in [6.07, 6.45) is 1.68. The SMILES string of the molecule is CCn1ncc(Br)c1C(NN)c1c(F)cccc1Br. The number of nitrogens with zero attached hydrogens (tertiary/aromatic N) is 2. The number of aryl methyl sites for hydroxylation is 1. The van der Waals surface area contributed by atoms with Crippen LogP contribution in [-0.2, 0) is 6.54 Å². The van der Waals surface area contributed by atoms with Crippen molar-refractivity contribution in [2.24, 2.45) is 5.84 Å². The quantitative estimate of drug-likeness (QED) is 0.621. The lowest BCUT2D eigenvalue weighted by Crippen LogP contribution is -2.32. The molecule has 102 valence electrons. The first-order valence-corrected chi connectivity index (χ1v) is 7.30. The zero-order chi connectivity index (χ0) is 14.0. The van der Waals surface area contributed by atoms with Gasteiger partial charge in [-0.25, -0.2) is 9.82 Å². The number of aromatic nitrogens is 2. The van der Waals surface area contributed by atoms with Crippen molar-refractivity contribution in [3.05, 3.63) is 50.4 Å². The topological polar surface area (TPSA) is 55.9 Å². The molecule has 3 N–H and O–H groups in total. The van der Waals surface area contributed by atoms with Gasteiger partial charge in [0.2, 0.25) is 0 Å². The number of benzene rings is 1. The second kappa shape index (κ2) is 6.13. The molecule has 0 fully saturated rings. The molecule has 2 rings (SSSR count). The smallest absolute Gasteiger partial charge is 0.129 e. The predicted molar refractivity (Wildman–Crippen MR) is 78.9 cm³/mol. The van der Waals surface area contributed by atoms with E-state index < -0.39 is 6.04 Å². The van der Waals surface area contributed by atoms with Crippen molar-refractivity contribution in [3.63, 3.8) is 0 Å². The molecule has 0 aliphatic rings. The van der Waals surface area contributed by atoms with Crippen molar-refractivity contribution < 1.29 is 4.39 Å². The molecule has 1 unspecified atom stereocenters. The van der Waals surface area contributed by atoms with Gasteiger partial charge in [0.05, 0.1) is 22.4 Å². The molecule has 7 heteroatoms. The first-order chi connectivity index (χ1) is 9.10. The summed E-state index contributed by atoms with van der Waals surface area (Å²) >= 11 is 6.79. The molecule has 0 saturated heterocycles. The molecule has 0 aliphatic carbocycles. The monoisotopic (exact) mass is 390 g/mol. The summed E-state index contributed by atoms with van der Waals surface area (Å²) in [7, 11) is 0. The van der Waals surface area contributed by atoms with E-state index >= 15 is 0 Å². The van der Waals surface area contributed by atoms with Crippen LogP contribution in [0.15, 0.2) is 33.3 Å². The van der Waals surface area contributed by atoms with E-state index in [0.717, 1.165) is 10.2 Å². The zero-order valence-electron chi connectivity index (χ0n) is 10.2. The van der Waals surface area contributed by atoms with E-state index in [1.807, 2.05) is 6.92 Å². The van der Waals surface area contributed by atoms with Crippen LogP contribution in [0.3, 0.4) is 0 Å². The molecule has 1 aromatic carbocycles. The molecule has 1 heterocycles. The Morgan fingerprint density at radius 1 is 1.42 bits per heavy atom. The Labute approximate surface area is 127 Å². The molecule has 2 aromatic rings. The van der Waals surface area contributed by atoms with Crippen molar-refractivity contribution in [2.45, 2.75) is 19.5 Å². The second-order valence-electron chi connectivity index (χ2n) is 3.93. The number of hydrogen-bond donors (Lipinski definition) is 2. The summed E-state index contributed by atoms with van der Waals surface area (Å²) < 4.78 is 17.3. The van der Waals surface area contributed by atoms with E-state index in [0.29, 0.717) is 16.6 Å². The highest BCUT2D eigenvalue weighted by Gasteiger charge is 2.25. The maximum absolute atomic E-state index is 14.1. The van der Waals surface area contributed by atoms with E-state index in [-0.39, 0.29) is 5.82 Å². The van der Waals surface area contributed by atoms with Crippen molar-refractivity contribution in [1.82, 2.24) is 15.2 Å². The third-order valence-electron chi connectivity index (χ3n) is 2.86. The van der Waals surface area contributed by atoms with Crippen LogP contribution in [-0.4, -0.2) is 9.78 Å². The molecular formula is C12H13Br2FN4. The van der Waals surface area contributed by atoms with Gasteiger partial charge >= 0.3 is 0 Å². The van der Waals surface area contributed by atoms with Crippen LogP contribution in [0.4, 0.5) is 4.39 Å². The van der Waals surface area contributed by atoms with Crippen LogP contribution in [0.2, 0.25) is 0 Å². The van der Waals surface area contributed by atoms with E-state index in [1.165, 1.54) is 6.07 Å². The Morgan fingerprint density at radius 2 is 2.16 bits per heavy atom. The van der Waals surface area contributed by atoms with E-state index in [4.69, 9.17) is 5.84 Å². The lowest BCUT2D eigenvalue weighted by Gasteiger charge is -2.20. The van der Waals surface area contributed by atoms with Crippen molar-refractivity contribution in [2.75, 3.05) is 0 Å². The number of hydrazine groups is 1. The lowest BCUT2D eigenvalue weighted by molar-refractivity contribution is 0.513. The third kappa shape index (κ3) is 2.74. The fourth-order valence-electron chi connectivity index (χ4n) is 2.00. The Kier molecular flexibility index (Phi) is 4.72.